The van der Waals surface area contributed by atoms with Crippen molar-refractivity contribution in [3.05, 3.63) is 34.9 Å². The van der Waals surface area contributed by atoms with Crippen molar-refractivity contribution in [2.24, 2.45) is 0 Å². The van der Waals surface area contributed by atoms with Gasteiger partial charge in [-0.15, -0.1) is 0 Å². The van der Waals surface area contributed by atoms with Gasteiger partial charge in [0.15, 0.2) is 0 Å². The predicted molar refractivity (Wildman–Crippen MR) is 83.5 cm³/mol. The lowest BCUT2D eigenvalue weighted by atomic mass is 10.2. The maximum atomic E-state index is 12.0. The third-order valence-corrected chi connectivity index (χ3v) is 3.39. The molecule has 1 aromatic carbocycles. The lowest BCUT2D eigenvalue weighted by Crippen LogP contribution is -2.39. The minimum Gasteiger partial charge on any atom is -0.464 e. The summed E-state index contributed by atoms with van der Waals surface area (Å²) in [4.78, 5) is 23.7. The van der Waals surface area contributed by atoms with Crippen molar-refractivity contribution in [2.45, 2.75) is 45.6 Å². The molecule has 21 heavy (non-hydrogen) atoms. The summed E-state index contributed by atoms with van der Waals surface area (Å²) in [6.07, 6.45) is 4.17. The highest BCUT2D eigenvalue weighted by atomic mass is 35.5. The van der Waals surface area contributed by atoms with Gasteiger partial charge in [0.05, 0.1) is 17.2 Å². The summed E-state index contributed by atoms with van der Waals surface area (Å²) < 4.78 is 5.13. The Bertz CT molecular complexity index is 476. The molecule has 0 aliphatic heterocycles. The monoisotopic (exact) mass is 311 g/mol. The molecule has 0 aromatic heterocycles. The van der Waals surface area contributed by atoms with Crippen molar-refractivity contribution < 1.29 is 14.3 Å². The molecule has 1 amide bonds. The molecule has 1 atom stereocenters. The van der Waals surface area contributed by atoms with Gasteiger partial charge in [0, 0.05) is 0 Å². The fraction of sp³-hybridized carbons (Fsp3) is 0.500. The van der Waals surface area contributed by atoms with E-state index in [4.69, 9.17) is 16.3 Å². The molecule has 1 rings (SSSR count). The van der Waals surface area contributed by atoms with Crippen LogP contribution in [-0.2, 0) is 9.53 Å². The van der Waals surface area contributed by atoms with Gasteiger partial charge >= 0.3 is 5.97 Å². The van der Waals surface area contributed by atoms with E-state index in [9.17, 15) is 9.59 Å². The Morgan fingerprint density at radius 2 is 1.95 bits per heavy atom. The van der Waals surface area contributed by atoms with Gasteiger partial charge in [0.1, 0.15) is 6.04 Å². The molecule has 0 bridgehead atoms. The van der Waals surface area contributed by atoms with E-state index in [0.29, 0.717) is 17.2 Å². The van der Waals surface area contributed by atoms with Crippen LogP contribution in [0.15, 0.2) is 24.3 Å². The van der Waals surface area contributed by atoms with Gasteiger partial charge in [0.25, 0.3) is 5.91 Å². The van der Waals surface area contributed by atoms with Crippen molar-refractivity contribution in [2.75, 3.05) is 6.61 Å². The largest absolute Gasteiger partial charge is 0.464 e. The van der Waals surface area contributed by atoms with Crippen molar-refractivity contribution in [3.8, 4) is 0 Å². The first-order chi connectivity index (χ1) is 10.1. The molecule has 0 radical (unpaired) electrons. The highest BCUT2D eigenvalue weighted by molar-refractivity contribution is 6.33. The Morgan fingerprint density at radius 3 is 2.62 bits per heavy atom. The second-order valence-electron chi connectivity index (χ2n) is 4.90. The Hall–Kier alpha value is -1.55. The normalized spacial score (nSPS) is 11.8. The first-order valence-corrected chi connectivity index (χ1v) is 7.66. The van der Waals surface area contributed by atoms with Gasteiger partial charge in [-0.3, -0.25) is 4.79 Å². The quantitative estimate of drug-likeness (QED) is 0.589. The Balaban J connectivity index is 2.38. The smallest absolute Gasteiger partial charge is 0.328 e. The average Bonchev–Trinajstić information content (AvgIpc) is 2.47. The van der Waals surface area contributed by atoms with E-state index in [2.05, 4.69) is 12.2 Å². The van der Waals surface area contributed by atoms with Crippen LogP contribution in [0.2, 0.25) is 5.02 Å². The van der Waals surface area contributed by atoms with Crippen molar-refractivity contribution >= 4 is 23.5 Å². The van der Waals surface area contributed by atoms with E-state index >= 15 is 0 Å². The molecular weight excluding hydrogens is 290 g/mol. The number of ether oxygens (including phenoxy) is 1. The molecular formula is C16H22ClNO3. The third kappa shape index (κ3) is 6.17. The molecule has 0 spiro atoms. The lowest BCUT2D eigenvalue weighted by molar-refractivity contribution is -0.145. The number of esters is 1. The molecule has 5 heteroatoms. The molecule has 0 aliphatic rings. The first-order valence-electron chi connectivity index (χ1n) is 7.28. The van der Waals surface area contributed by atoms with Crippen LogP contribution in [0.4, 0.5) is 0 Å². The average molecular weight is 312 g/mol. The van der Waals surface area contributed by atoms with Gasteiger partial charge in [0.2, 0.25) is 0 Å². The Kier molecular flexibility index (Phi) is 7.83. The Labute approximate surface area is 130 Å². The van der Waals surface area contributed by atoms with Crippen molar-refractivity contribution in [3.63, 3.8) is 0 Å². The van der Waals surface area contributed by atoms with E-state index in [0.717, 1.165) is 25.7 Å². The van der Waals surface area contributed by atoms with Gasteiger partial charge in [-0.2, -0.15) is 0 Å². The van der Waals surface area contributed by atoms with Crippen LogP contribution < -0.4 is 5.32 Å². The number of carbonyl (C=O) groups excluding carboxylic acids is 2. The highest BCUT2D eigenvalue weighted by Gasteiger charge is 2.18. The summed E-state index contributed by atoms with van der Waals surface area (Å²) in [7, 11) is 0. The first kappa shape index (κ1) is 17.5. The number of nitrogens with one attached hydrogen (secondary N) is 1. The molecule has 0 saturated heterocycles. The maximum Gasteiger partial charge on any atom is 0.328 e. The van der Waals surface area contributed by atoms with Crippen LogP contribution in [0, 0.1) is 0 Å². The zero-order valence-electron chi connectivity index (χ0n) is 12.5. The fourth-order valence-corrected chi connectivity index (χ4v) is 2.03. The highest BCUT2D eigenvalue weighted by Crippen LogP contribution is 2.14. The van der Waals surface area contributed by atoms with Gasteiger partial charge < -0.3 is 10.1 Å². The van der Waals surface area contributed by atoms with Crippen LogP contribution in [0.5, 0.6) is 0 Å². The van der Waals surface area contributed by atoms with E-state index in [1.54, 1.807) is 31.2 Å². The maximum absolute atomic E-state index is 12.0. The van der Waals surface area contributed by atoms with Crippen LogP contribution in [0.1, 0.15) is 49.9 Å². The summed E-state index contributed by atoms with van der Waals surface area (Å²) >= 11 is 5.94. The molecule has 1 N–H and O–H groups in total. The zero-order valence-corrected chi connectivity index (χ0v) is 13.3. The van der Waals surface area contributed by atoms with Crippen molar-refractivity contribution in [1.29, 1.82) is 0 Å². The standard InChI is InChI=1S/C16H22ClNO3/c1-3-4-5-8-11-21-16(20)12(2)18-15(19)13-9-6-7-10-14(13)17/h6-7,9-10,12H,3-5,8,11H2,1-2H3,(H,18,19)/t12-/m0/s1. The minimum atomic E-state index is -0.694. The fourth-order valence-electron chi connectivity index (χ4n) is 1.81. The second-order valence-corrected chi connectivity index (χ2v) is 5.31. The number of hydrogen-bond acceptors (Lipinski definition) is 3. The summed E-state index contributed by atoms with van der Waals surface area (Å²) in [5.74, 6) is -0.803. The summed E-state index contributed by atoms with van der Waals surface area (Å²) in [6, 6.07) is 6.01. The predicted octanol–water partition coefficient (Wildman–Crippen LogP) is 3.58. The van der Waals surface area contributed by atoms with Crippen LogP contribution in [0.25, 0.3) is 0 Å². The molecule has 0 heterocycles. The van der Waals surface area contributed by atoms with Crippen LogP contribution in [-0.4, -0.2) is 24.5 Å². The van der Waals surface area contributed by atoms with E-state index in [1.807, 2.05) is 0 Å². The Morgan fingerprint density at radius 1 is 1.24 bits per heavy atom. The molecule has 0 fully saturated rings. The summed E-state index contributed by atoms with van der Waals surface area (Å²) in [5, 5.41) is 2.95. The third-order valence-electron chi connectivity index (χ3n) is 3.06. The minimum absolute atomic E-state index is 0.349. The molecule has 0 saturated carbocycles. The molecule has 4 nitrogen and oxygen atoms in total. The molecule has 1 aromatic rings. The van der Waals surface area contributed by atoms with Gasteiger partial charge in [-0.05, 0) is 25.5 Å². The molecule has 116 valence electrons. The van der Waals surface area contributed by atoms with Crippen LogP contribution >= 0.6 is 11.6 Å². The number of halogens is 1. The number of rotatable bonds is 8. The van der Waals surface area contributed by atoms with Crippen LogP contribution in [0.3, 0.4) is 0 Å². The summed E-state index contributed by atoms with van der Waals surface area (Å²) in [5.41, 5.74) is 0.349. The van der Waals surface area contributed by atoms with Gasteiger partial charge in [-0.1, -0.05) is 49.9 Å². The zero-order chi connectivity index (χ0) is 15.7. The number of amides is 1. The number of unbranched alkanes of at least 4 members (excludes halogenated alkanes) is 3. The van der Waals surface area contributed by atoms with E-state index in [1.165, 1.54) is 0 Å². The molecule has 0 unspecified atom stereocenters. The van der Waals surface area contributed by atoms with E-state index < -0.39 is 12.0 Å². The number of carbonyl (C=O) groups is 2. The topological polar surface area (TPSA) is 55.4 Å². The van der Waals surface area contributed by atoms with Gasteiger partial charge in [-0.25, -0.2) is 4.79 Å². The SMILES string of the molecule is CCCCCCOC(=O)[C@H](C)NC(=O)c1ccccc1Cl. The van der Waals surface area contributed by atoms with E-state index in [-0.39, 0.29) is 5.91 Å². The molecule has 0 aliphatic carbocycles. The number of benzene rings is 1. The summed E-state index contributed by atoms with van der Waals surface area (Å²) in [6.45, 7) is 4.12. The lowest BCUT2D eigenvalue weighted by Gasteiger charge is -2.14. The van der Waals surface area contributed by atoms with Crippen molar-refractivity contribution in [1.82, 2.24) is 5.32 Å². The number of hydrogen-bond donors (Lipinski definition) is 1. The second kappa shape index (κ2) is 9.40.